The van der Waals surface area contributed by atoms with Crippen molar-refractivity contribution in [2.75, 3.05) is 11.9 Å². The summed E-state index contributed by atoms with van der Waals surface area (Å²) in [7, 11) is 0. The van der Waals surface area contributed by atoms with Gasteiger partial charge in [0, 0.05) is 11.8 Å². The lowest BCUT2D eigenvalue weighted by molar-refractivity contribution is -0.121. The first kappa shape index (κ1) is 15.1. The average molecular weight is 312 g/mol. The van der Waals surface area contributed by atoms with Gasteiger partial charge in [-0.1, -0.05) is 22.9 Å². The molecule has 0 radical (unpaired) electrons. The third kappa shape index (κ3) is 4.08. The van der Waals surface area contributed by atoms with Crippen LogP contribution in [-0.2, 0) is 16.1 Å². The van der Waals surface area contributed by atoms with E-state index in [0.717, 1.165) is 11.3 Å². The van der Waals surface area contributed by atoms with Crippen LogP contribution in [0.1, 0.15) is 11.3 Å². The van der Waals surface area contributed by atoms with Crippen LogP contribution in [0.25, 0.3) is 11.5 Å². The van der Waals surface area contributed by atoms with Gasteiger partial charge in [-0.05, 0) is 31.2 Å². The summed E-state index contributed by atoms with van der Waals surface area (Å²) in [6.45, 7) is 2.12. The maximum absolute atomic E-state index is 11.8. The van der Waals surface area contributed by atoms with E-state index in [1.807, 2.05) is 31.2 Å². The molecule has 0 atom stereocenters. The standard InChI is InChI=1S/C17H16N2O4/c1-12-4-6-13(7-5-12)18-17(20)11-21-10-14-9-16(23-19-14)15-3-2-8-22-15/h2-9H,10-11H2,1H3,(H,18,20). The predicted octanol–water partition coefficient (Wildman–Crippen LogP) is 3.40. The Morgan fingerprint density at radius 3 is 2.78 bits per heavy atom. The van der Waals surface area contributed by atoms with Crippen LogP contribution in [0.2, 0.25) is 0 Å². The molecule has 0 fully saturated rings. The lowest BCUT2D eigenvalue weighted by atomic mass is 10.2. The lowest BCUT2D eigenvalue weighted by Gasteiger charge is -2.05. The van der Waals surface area contributed by atoms with Crippen molar-refractivity contribution in [1.29, 1.82) is 0 Å². The summed E-state index contributed by atoms with van der Waals surface area (Å²) in [5.74, 6) is 0.905. The fraction of sp³-hybridized carbons (Fsp3) is 0.176. The molecule has 1 amide bonds. The zero-order valence-corrected chi connectivity index (χ0v) is 12.6. The maximum Gasteiger partial charge on any atom is 0.250 e. The second kappa shape index (κ2) is 6.93. The van der Waals surface area contributed by atoms with E-state index in [0.29, 0.717) is 17.2 Å². The van der Waals surface area contributed by atoms with Gasteiger partial charge in [0.1, 0.15) is 12.3 Å². The molecule has 0 bridgehead atoms. The summed E-state index contributed by atoms with van der Waals surface area (Å²) >= 11 is 0. The van der Waals surface area contributed by atoms with Gasteiger partial charge in [0.05, 0.1) is 12.9 Å². The van der Waals surface area contributed by atoms with Crippen LogP contribution in [-0.4, -0.2) is 17.7 Å². The number of rotatable bonds is 6. The Labute approximate surface area is 133 Å². The molecular weight excluding hydrogens is 296 g/mol. The van der Waals surface area contributed by atoms with Crippen molar-refractivity contribution in [1.82, 2.24) is 5.16 Å². The minimum absolute atomic E-state index is 0.0587. The number of carbonyl (C=O) groups excluding carboxylic acids is 1. The number of hydrogen-bond donors (Lipinski definition) is 1. The molecule has 0 unspecified atom stereocenters. The Balaban J connectivity index is 1.46. The van der Waals surface area contributed by atoms with Crippen molar-refractivity contribution in [2.24, 2.45) is 0 Å². The zero-order chi connectivity index (χ0) is 16.1. The van der Waals surface area contributed by atoms with Gasteiger partial charge in [-0.2, -0.15) is 0 Å². The SMILES string of the molecule is Cc1ccc(NC(=O)COCc2cc(-c3ccco3)on2)cc1. The van der Waals surface area contributed by atoms with Crippen LogP contribution in [0.4, 0.5) is 5.69 Å². The highest BCUT2D eigenvalue weighted by molar-refractivity contribution is 5.91. The van der Waals surface area contributed by atoms with Crippen LogP contribution >= 0.6 is 0 Å². The Morgan fingerprint density at radius 2 is 2.04 bits per heavy atom. The summed E-state index contributed by atoms with van der Waals surface area (Å²) in [5.41, 5.74) is 2.47. The van der Waals surface area contributed by atoms with Crippen molar-refractivity contribution in [3.05, 3.63) is 60.0 Å². The van der Waals surface area contributed by atoms with Gasteiger partial charge in [0.25, 0.3) is 0 Å². The van der Waals surface area contributed by atoms with Crippen molar-refractivity contribution in [2.45, 2.75) is 13.5 Å². The number of ether oxygens (including phenoxy) is 1. The van der Waals surface area contributed by atoms with Gasteiger partial charge >= 0.3 is 0 Å². The van der Waals surface area contributed by atoms with Crippen molar-refractivity contribution >= 4 is 11.6 Å². The Morgan fingerprint density at radius 1 is 1.22 bits per heavy atom. The number of nitrogens with zero attached hydrogens (tertiary/aromatic N) is 1. The molecule has 0 aliphatic carbocycles. The van der Waals surface area contributed by atoms with E-state index < -0.39 is 0 Å². The van der Waals surface area contributed by atoms with Crippen molar-refractivity contribution < 1.29 is 18.5 Å². The summed E-state index contributed by atoms with van der Waals surface area (Å²) in [6.07, 6.45) is 1.56. The third-order valence-electron chi connectivity index (χ3n) is 3.14. The summed E-state index contributed by atoms with van der Waals surface area (Å²) in [5, 5.41) is 6.63. The van der Waals surface area contributed by atoms with Crippen LogP contribution in [0.3, 0.4) is 0 Å². The largest absolute Gasteiger partial charge is 0.461 e. The first-order valence-corrected chi connectivity index (χ1v) is 7.14. The summed E-state index contributed by atoms with van der Waals surface area (Å²) in [6, 6.07) is 12.8. The van der Waals surface area contributed by atoms with Crippen LogP contribution < -0.4 is 5.32 Å². The molecule has 118 valence electrons. The Bertz CT molecular complexity index is 760. The van der Waals surface area contributed by atoms with Crippen LogP contribution in [0, 0.1) is 6.92 Å². The molecule has 0 aliphatic heterocycles. The van der Waals surface area contributed by atoms with Gasteiger partial charge in [-0.15, -0.1) is 0 Å². The number of furan rings is 1. The second-order valence-corrected chi connectivity index (χ2v) is 5.07. The highest BCUT2D eigenvalue weighted by Gasteiger charge is 2.10. The Kier molecular flexibility index (Phi) is 4.54. The van der Waals surface area contributed by atoms with Gasteiger partial charge in [0.15, 0.2) is 5.76 Å². The predicted molar refractivity (Wildman–Crippen MR) is 83.7 cm³/mol. The summed E-state index contributed by atoms with van der Waals surface area (Å²) in [4.78, 5) is 11.8. The van der Waals surface area contributed by atoms with Gasteiger partial charge in [-0.25, -0.2) is 0 Å². The number of amides is 1. The second-order valence-electron chi connectivity index (χ2n) is 5.07. The first-order valence-electron chi connectivity index (χ1n) is 7.14. The third-order valence-corrected chi connectivity index (χ3v) is 3.14. The minimum Gasteiger partial charge on any atom is -0.461 e. The number of anilines is 1. The van der Waals surface area contributed by atoms with E-state index in [2.05, 4.69) is 10.5 Å². The lowest BCUT2D eigenvalue weighted by Crippen LogP contribution is -2.18. The molecular formula is C17H16N2O4. The van der Waals surface area contributed by atoms with Crippen molar-refractivity contribution in [3.63, 3.8) is 0 Å². The number of aromatic nitrogens is 1. The molecule has 3 aromatic rings. The molecule has 1 N–H and O–H groups in total. The van der Waals surface area contributed by atoms with E-state index in [1.165, 1.54) is 0 Å². The van der Waals surface area contributed by atoms with Gasteiger partial charge in [0.2, 0.25) is 11.7 Å². The zero-order valence-electron chi connectivity index (χ0n) is 12.6. The number of nitrogens with one attached hydrogen (secondary N) is 1. The minimum atomic E-state index is -0.219. The molecule has 0 spiro atoms. The van der Waals surface area contributed by atoms with E-state index in [-0.39, 0.29) is 19.1 Å². The fourth-order valence-corrected chi connectivity index (χ4v) is 2.00. The number of carbonyl (C=O) groups is 1. The monoisotopic (exact) mass is 312 g/mol. The molecule has 0 aliphatic rings. The van der Waals surface area contributed by atoms with Crippen LogP contribution in [0.15, 0.2) is 57.7 Å². The average Bonchev–Trinajstić information content (AvgIpc) is 3.20. The fourth-order valence-electron chi connectivity index (χ4n) is 2.00. The topological polar surface area (TPSA) is 77.5 Å². The molecule has 3 rings (SSSR count). The number of hydrogen-bond acceptors (Lipinski definition) is 5. The van der Waals surface area contributed by atoms with E-state index in [9.17, 15) is 4.79 Å². The van der Waals surface area contributed by atoms with Crippen molar-refractivity contribution in [3.8, 4) is 11.5 Å². The quantitative estimate of drug-likeness (QED) is 0.755. The normalized spacial score (nSPS) is 10.7. The molecule has 1 aromatic carbocycles. The van der Waals surface area contributed by atoms with Crippen LogP contribution in [0.5, 0.6) is 0 Å². The van der Waals surface area contributed by atoms with E-state index in [1.54, 1.807) is 24.5 Å². The van der Waals surface area contributed by atoms with Gasteiger partial charge in [-0.3, -0.25) is 4.79 Å². The number of aryl methyl sites for hydroxylation is 1. The molecule has 23 heavy (non-hydrogen) atoms. The van der Waals surface area contributed by atoms with Gasteiger partial charge < -0.3 is 19.0 Å². The molecule has 2 aromatic heterocycles. The Hall–Kier alpha value is -2.86. The highest BCUT2D eigenvalue weighted by Crippen LogP contribution is 2.20. The highest BCUT2D eigenvalue weighted by atomic mass is 16.5. The molecule has 6 heteroatoms. The van der Waals surface area contributed by atoms with E-state index >= 15 is 0 Å². The maximum atomic E-state index is 11.8. The smallest absolute Gasteiger partial charge is 0.250 e. The molecule has 6 nitrogen and oxygen atoms in total. The molecule has 0 saturated carbocycles. The molecule has 2 heterocycles. The molecule has 0 saturated heterocycles. The first-order chi connectivity index (χ1) is 11.2. The van der Waals surface area contributed by atoms with E-state index in [4.69, 9.17) is 13.7 Å². The summed E-state index contributed by atoms with van der Waals surface area (Å²) < 4.78 is 15.7. The number of benzene rings is 1.